The number of hydrogen-bond acceptors (Lipinski definition) is 3. The molecule has 0 bridgehead atoms. The highest BCUT2D eigenvalue weighted by molar-refractivity contribution is 5.92. The number of hydrogen-bond donors (Lipinski definition) is 2. The first-order chi connectivity index (χ1) is 9.06. The largest absolute Gasteiger partial charge is 0.399 e. The summed E-state index contributed by atoms with van der Waals surface area (Å²) in [5, 5.41) is 2.98. The summed E-state index contributed by atoms with van der Waals surface area (Å²) >= 11 is 0. The van der Waals surface area contributed by atoms with E-state index < -0.39 is 0 Å². The molecule has 104 valence electrons. The molecule has 1 heterocycles. The van der Waals surface area contributed by atoms with Crippen molar-refractivity contribution >= 4 is 17.3 Å². The molecule has 3 N–H and O–H groups in total. The van der Waals surface area contributed by atoms with Gasteiger partial charge in [-0.05, 0) is 56.4 Å². The Morgan fingerprint density at radius 1 is 1.42 bits per heavy atom. The van der Waals surface area contributed by atoms with E-state index in [0.717, 1.165) is 48.4 Å². The number of aryl methyl sites for hydroxylation is 2. The van der Waals surface area contributed by atoms with E-state index >= 15 is 0 Å². The highest BCUT2D eigenvalue weighted by Crippen LogP contribution is 2.24. The monoisotopic (exact) mass is 262 g/mol. The number of carbonyl (C=O) groups excluding carboxylic acids is 1. The summed E-state index contributed by atoms with van der Waals surface area (Å²) in [5.41, 5.74) is 9.39. The summed E-state index contributed by atoms with van der Waals surface area (Å²) < 4.78 is 5.52. The predicted octanol–water partition coefficient (Wildman–Crippen LogP) is 2.78. The molecule has 0 spiro atoms. The van der Waals surface area contributed by atoms with Crippen LogP contribution >= 0.6 is 0 Å². The van der Waals surface area contributed by atoms with Gasteiger partial charge in [0.2, 0.25) is 5.91 Å². The van der Waals surface area contributed by atoms with E-state index in [1.165, 1.54) is 0 Å². The van der Waals surface area contributed by atoms with Crippen LogP contribution in [0.1, 0.15) is 36.8 Å². The fourth-order valence-corrected chi connectivity index (χ4v) is 2.56. The Morgan fingerprint density at radius 2 is 2.11 bits per heavy atom. The zero-order valence-electron chi connectivity index (χ0n) is 11.7. The molecule has 0 saturated carbocycles. The Balaban J connectivity index is 1.91. The van der Waals surface area contributed by atoms with Crippen molar-refractivity contribution in [3.05, 3.63) is 23.3 Å². The molecule has 19 heavy (non-hydrogen) atoms. The molecule has 1 atom stereocenters. The Kier molecular flexibility index (Phi) is 4.43. The van der Waals surface area contributed by atoms with E-state index in [0.29, 0.717) is 6.42 Å². The molecule has 0 radical (unpaired) electrons. The molecular formula is C15H22N2O2. The first kappa shape index (κ1) is 13.9. The highest BCUT2D eigenvalue weighted by Gasteiger charge is 2.17. The van der Waals surface area contributed by atoms with Crippen LogP contribution in [0.2, 0.25) is 0 Å². The molecular weight excluding hydrogens is 240 g/mol. The van der Waals surface area contributed by atoms with E-state index in [-0.39, 0.29) is 12.0 Å². The third-order valence-electron chi connectivity index (χ3n) is 3.54. The van der Waals surface area contributed by atoms with Gasteiger partial charge in [-0.2, -0.15) is 0 Å². The average molecular weight is 262 g/mol. The lowest BCUT2D eigenvalue weighted by Gasteiger charge is -2.13. The SMILES string of the molecule is Cc1cc(N)cc(C)c1NC(=O)CCC1CCCO1. The molecule has 1 aromatic rings. The summed E-state index contributed by atoms with van der Waals surface area (Å²) in [6.45, 7) is 4.75. The van der Waals surface area contributed by atoms with Gasteiger partial charge in [-0.25, -0.2) is 0 Å². The number of benzene rings is 1. The van der Waals surface area contributed by atoms with Gasteiger partial charge in [0.25, 0.3) is 0 Å². The zero-order valence-corrected chi connectivity index (χ0v) is 11.7. The van der Waals surface area contributed by atoms with Gasteiger partial charge in [0.15, 0.2) is 0 Å². The fourth-order valence-electron chi connectivity index (χ4n) is 2.56. The number of amides is 1. The molecule has 1 aliphatic rings. The van der Waals surface area contributed by atoms with Gasteiger partial charge >= 0.3 is 0 Å². The summed E-state index contributed by atoms with van der Waals surface area (Å²) in [5.74, 6) is 0.0477. The van der Waals surface area contributed by atoms with Crippen molar-refractivity contribution < 1.29 is 9.53 Å². The number of nitrogens with two attached hydrogens (primary N) is 1. The molecule has 2 rings (SSSR count). The van der Waals surface area contributed by atoms with Gasteiger partial charge in [0.05, 0.1) is 6.10 Å². The van der Waals surface area contributed by atoms with Crippen molar-refractivity contribution in [2.75, 3.05) is 17.7 Å². The number of carbonyl (C=O) groups is 1. The van der Waals surface area contributed by atoms with E-state index in [4.69, 9.17) is 10.5 Å². The molecule has 1 aromatic carbocycles. The average Bonchev–Trinajstić information content (AvgIpc) is 2.84. The number of rotatable bonds is 4. The van der Waals surface area contributed by atoms with Gasteiger partial charge in [0, 0.05) is 24.4 Å². The standard InChI is InChI=1S/C15H22N2O2/c1-10-8-12(16)9-11(2)15(10)17-14(18)6-5-13-4-3-7-19-13/h8-9,13H,3-7,16H2,1-2H3,(H,17,18). The summed E-state index contributed by atoms with van der Waals surface area (Å²) in [6.07, 6.45) is 3.77. The lowest BCUT2D eigenvalue weighted by Crippen LogP contribution is -2.16. The molecule has 4 heteroatoms. The number of ether oxygens (including phenoxy) is 1. The molecule has 1 fully saturated rings. The van der Waals surface area contributed by atoms with Gasteiger partial charge < -0.3 is 15.8 Å². The third-order valence-corrected chi connectivity index (χ3v) is 3.54. The molecule has 1 saturated heterocycles. The van der Waals surface area contributed by atoms with E-state index in [9.17, 15) is 4.79 Å². The van der Waals surface area contributed by atoms with Crippen LogP contribution in [0.25, 0.3) is 0 Å². The predicted molar refractivity (Wildman–Crippen MR) is 77.2 cm³/mol. The van der Waals surface area contributed by atoms with Gasteiger partial charge in [-0.1, -0.05) is 0 Å². The van der Waals surface area contributed by atoms with Crippen molar-refractivity contribution in [1.29, 1.82) is 0 Å². The van der Waals surface area contributed by atoms with E-state index in [2.05, 4.69) is 5.32 Å². The number of nitrogen functional groups attached to an aromatic ring is 1. The van der Waals surface area contributed by atoms with Crippen molar-refractivity contribution in [1.82, 2.24) is 0 Å². The Labute approximate surface area is 114 Å². The first-order valence-corrected chi connectivity index (χ1v) is 6.84. The maximum Gasteiger partial charge on any atom is 0.224 e. The first-order valence-electron chi connectivity index (χ1n) is 6.84. The molecule has 1 aliphatic heterocycles. The molecule has 0 aromatic heterocycles. The topological polar surface area (TPSA) is 64.3 Å². The number of nitrogens with one attached hydrogen (secondary N) is 1. The summed E-state index contributed by atoms with van der Waals surface area (Å²) in [4.78, 5) is 12.0. The minimum absolute atomic E-state index is 0.0477. The van der Waals surface area contributed by atoms with Crippen molar-refractivity contribution in [2.45, 2.75) is 45.6 Å². The van der Waals surface area contributed by atoms with Gasteiger partial charge in [0.1, 0.15) is 0 Å². The van der Waals surface area contributed by atoms with Crippen LogP contribution in [0.15, 0.2) is 12.1 Å². The molecule has 1 unspecified atom stereocenters. The quantitative estimate of drug-likeness (QED) is 0.820. The lowest BCUT2D eigenvalue weighted by molar-refractivity contribution is -0.116. The summed E-state index contributed by atoms with van der Waals surface area (Å²) in [6, 6.07) is 3.76. The van der Waals surface area contributed by atoms with Crippen molar-refractivity contribution in [3.63, 3.8) is 0 Å². The minimum atomic E-state index is 0.0477. The smallest absolute Gasteiger partial charge is 0.224 e. The second-order valence-electron chi connectivity index (χ2n) is 5.25. The van der Waals surface area contributed by atoms with Gasteiger partial charge in [-0.3, -0.25) is 4.79 Å². The molecule has 0 aliphatic carbocycles. The van der Waals surface area contributed by atoms with Crippen LogP contribution < -0.4 is 11.1 Å². The van der Waals surface area contributed by atoms with E-state index in [1.54, 1.807) is 0 Å². The third kappa shape index (κ3) is 3.70. The highest BCUT2D eigenvalue weighted by atomic mass is 16.5. The van der Waals surface area contributed by atoms with Crippen LogP contribution in [-0.4, -0.2) is 18.6 Å². The second-order valence-corrected chi connectivity index (χ2v) is 5.25. The fraction of sp³-hybridized carbons (Fsp3) is 0.533. The normalized spacial score (nSPS) is 18.5. The maximum atomic E-state index is 12.0. The van der Waals surface area contributed by atoms with Crippen LogP contribution in [-0.2, 0) is 9.53 Å². The van der Waals surface area contributed by atoms with Crippen LogP contribution in [0.5, 0.6) is 0 Å². The van der Waals surface area contributed by atoms with Crippen molar-refractivity contribution in [2.24, 2.45) is 0 Å². The van der Waals surface area contributed by atoms with Crippen LogP contribution in [0.3, 0.4) is 0 Å². The second kappa shape index (κ2) is 6.06. The van der Waals surface area contributed by atoms with Crippen molar-refractivity contribution in [3.8, 4) is 0 Å². The molecule has 4 nitrogen and oxygen atoms in total. The molecule has 1 amide bonds. The van der Waals surface area contributed by atoms with Crippen LogP contribution in [0, 0.1) is 13.8 Å². The Bertz CT molecular complexity index is 442. The van der Waals surface area contributed by atoms with Gasteiger partial charge in [-0.15, -0.1) is 0 Å². The Morgan fingerprint density at radius 3 is 2.68 bits per heavy atom. The Hall–Kier alpha value is -1.55. The number of anilines is 2. The lowest BCUT2D eigenvalue weighted by atomic mass is 10.1. The van der Waals surface area contributed by atoms with Crippen LogP contribution in [0.4, 0.5) is 11.4 Å². The minimum Gasteiger partial charge on any atom is -0.399 e. The maximum absolute atomic E-state index is 12.0. The van der Waals surface area contributed by atoms with E-state index in [1.807, 2.05) is 26.0 Å². The summed E-state index contributed by atoms with van der Waals surface area (Å²) in [7, 11) is 0. The zero-order chi connectivity index (χ0) is 13.8.